The zero-order valence-electron chi connectivity index (χ0n) is 15.7. The van der Waals surface area contributed by atoms with Crippen LogP contribution < -0.4 is 10.2 Å². The predicted octanol–water partition coefficient (Wildman–Crippen LogP) is 3.67. The first kappa shape index (κ1) is 17.9. The van der Waals surface area contributed by atoms with Crippen molar-refractivity contribution in [3.05, 3.63) is 59.9 Å². The fourth-order valence-electron chi connectivity index (χ4n) is 3.66. The Morgan fingerprint density at radius 2 is 2.14 bits per heavy atom. The van der Waals surface area contributed by atoms with E-state index in [-0.39, 0.29) is 11.8 Å². The molecule has 1 N–H and O–H groups in total. The van der Waals surface area contributed by atoms with E-state index in [1.165, 1.54) is 0 Å². The van der Waals surface area contributed by atoms with Gasteiger partial charge in [0.1, 0.15) is 17.6 Å². The molecule has 1 amide bonds. The van der Waals surface area contributed by atoms with Crippen molar-refractivity contribution in [3.8, 4) is 6.07 Å². The van der Waals surface area contributed by atoms with Gasteiger partial charge in [0, 0.05) is 30.4 Å². The normalized spacial score (nSPS) is 16.6. The van der Waals surface area contributed by atoms with Crippen molar-refractivity contribution in [1.29, 1.82) is 5.26 Å². The number of carbonyl (C=O) groups excluding carboxylic acids is 1. The molecule has 4 rings (SSSR count). The second-order valence-electron chi connectivity index (χ2n) is 7.15. The third-order valence-corrected chi connectivity index (χ3v) is 5.10. The molecule has 6 heteroatoms. The van der Waals surface area contributed by atoms with Crippen LogP contribution in [-0.2, 0) is 4.79 Å². The number of nitrogens with zero attached hydrogens (tertiary/aromatic N) is 4. The zero-order chi connectivity index (χ0) is 19.5. The Morgan fingerprint density at radius 3 is 2.93 bits per heavy atom. The van der Waals surface area contributed by atoms with E-state index in [9.17, 15) is 10.1 Å². The summed E-state index contributed by atoms with van der Waals surface area (Å²) in [6, 6.07) is 15.5. The Labute approximate surface area is 163 Å². The molecule has 0 aliphatic carbocycles. The average Bonchev–Trinajstić information content (AvgIpc) is 2.74. The molecule has 0 radical (unpaired) electrons. The molecule has 0 saturated carbocycles. The van der Waals surface area contributed by atoms with E-state index in [2.05, 4.69) is 26.3 Å². The van der Waals surface area contributed by atoms with Gasteiger partial charge >= 0.3 is 0 Å². The summed E-state index contributed by atoms with van der Waals surface area (Å²) in [6.45, 7) is 3.42. The minimum absolute atomic E-state index is 0.0140. The Hall–Kier alpha value is -3.46. The number of amides is 1. The molecule has 1 unspecified atom stereocenters. The molecule has 1 saturated heterocycles. The van der Waals surface area contributed by atoms with Gasteiger partial charge in [0.25, 0.3) is 0 Å². The number of aromatic nitrogens is 2. The maximum Gasteiger partial charge on any atom is 0.230 e. The Bertz CT molecular complexity index is 1050. The van der Waals surface area contributed by atoms with Gasteiger partial charge in [-0.05, 0) is 43.5 Å². The first-order valence-electron chi connectivity index (χ1n) is 9.42. The van der Waals surface area contributed by atoms with Gasteiger partial charge in [0.15, 0.2) is 0 Å². The molecule has 3 aromatic rings. The molecule has 1 aromatic carbocycles. The van der Waals surface area contributed by atoms with Gasteiger partial charge in [-0.25, -0.2) is 9.97 Å². The van der Waals surface area contributed by atoms with E-state index in [1.54, 1.807) is 6.20 Å². The van der Waals surface area contributed by atoms with Gasteiger partial charge in [-0.3, -0.25) is 4.79 Å². The molecule has 1 aliphatic heterocycles. The summed E-state index contributed by atoms with van der Waals surface area (Å²) in [7, 11) is 0. The first-order valence-corrected chi connectivity index (χ1v) is 9.42. The molecule has 2 aromatic heterocycles. The van der Waals surface area contributed by atoms with Crippen LogP contribution >= 0.6 is 0 Å². The topological polar surface area (TPSA) is 81.9 Å². The number of aryl methyl sites for hydroxylation is 1. The van der Waals surface area contributed by atoms with Gasteiger partial charge in [-0.15, -0.1) is 0 Å². The summed E-state index contributed by atoms with van der Waals surface area (Å²) in [5.74, 6) is 0.433. The van der Waals surface area contributed by atoms with Crippen molar-refractivity contribution in [2.24, 2.45) is 5.92 Å². The number of hydrogen-bond acceptors (Lipinski definition) is 5. The lowest BCUT2D eigenvalue weighted by Gasteiger charge is -2.34. The molecule has 0 spiro atoms. The molecular weight excluding hydrogens is 350 g/mol. The second kappa shape index (κ2) is 7.65. The fraction of sp³-hybridized carbons (Fsp3) is 0.273. The molecule has 3 heterocycles. The van der Waals surface area contributed by atoms with Crippen LogP contribution in [-0.4, -0.2) is 29.0 Å². The summed E-state index contributed by atoms with van der Waals surface area (Å²) in [5, 5.41) is 13.3. The van der Waals surface area contributed by atoms with Gasteiger partial charge in [0.05, 0.1) is 11.4 Å². The number of nitriles is 1. The quantitative estimate of drug-likeness (QED) is 0.760. The van der Waals surface area contributed by atoms with Crippen LogP contribution in [0.15, 0.2) is 48.7 Å². The summed E-state index contributed by atoms with van der Waals surface area (Å²) in [4.78, 5) is 23.6. The minimum Gasteiger partial charge on any atom is -0.370 e. The number of para-hydroxylation sites is 1. The number of benzene rings is 1. The lowest BCUT2D eigenvalue weighted by Crippen LogP contribution is -2.41. The van der Waals surface area contributed by atoms with Crippen LogP contribution in [0, 0.1) is 24.2 Å². The third-order valence-electron chi connectivity index (χ3n) is 5.10. The van der Waals surface area contributed by atoms with Crippen LogP contribution in [0.2, 0.25) is 0 Å². The SMILES string of the molecule is Cc1ccc(NC(=O)C2CCCN(c3cc(C#N)nc4ccccc34)C2)nc1. The van der Waals surface area contributed by atoms with Gasteiger partial charge in [0.2, 0.25) is 5.91 Å². The average molecular weight is 371 g/mol. The first-order chi connectivity index (χ1) is 13.6. The summed E-state index contributed by atoms with van der Waals surface area (Å²) >= 11 is 0. The highest BCUT2D eigenvalue weighted by Gasteiger charge is 2.27. The zero-order valence-corrected chi connectivity index (χ0v) is 15.7. The van der Waals surface area contributed by atoms with Gasteiger partial charge in [-0.1, -0.05) is 24.3 Å². The molecule has 0 bridgehead atoms. The maximum absolute atomic E-state index is 12.8. The van der Waals surface area contributed by atoms with Crippen molar-refractivity contribution >= 4 is 28.3 Å². The largest absolute Gasteiger partial charge is 0.370 e. The highest BCUT2D eigenvalue weighted by Crippen LogP contribution is 2.30. The van der Waals surface area contributed by atoms with Gasteiger partial charge in [-0.2, -0.15) is 5.26 Å². The molecule has 1 aliphatic rings. The van der Waals surface area contributed by atoms with Crippen molar-refractivity contribution in [3.63, 3.8) is 0 Å². The number of pyridine rings is 2. The number of nitrogens with one attached hydrogen (secondary N) is 1. The van der Waals surface area contributed by atoms with Crippen LogP contribution in [0.5, 0.6) is 0 Å². The van der Waals surface area contributed by atoms with E-state index >= 15 is 0 Å². The Morgan fingerprint density at radius 1 is 1.29 bits per heavy atom. The third kappa shape index (κ3) is 3.65. The Balaban J connectivity index is 1.57. The molecule has 1 atom stereocenters. The van der Waals surface area contributed by atoms with Gasteiger partial charge < -0.3 is 10.2 Å². The lowest BCUT2D eigenvalue weighted by molar-refractivity contribution is -0.120. The molecular formula is C22H21N5O. The maximum atomic E-state index is 12.8. The van der Waals surface area contributed by atoms with E-state index in [4.69, 9.17) is 0 Å². The predicted molar refractivity (Wildman–Crippen MR) is 109 cm³/mol. The highest BCUT2D eigenvalue weighted by atomic mass is 16.2. The molecule has 6 nitrogen and oxygen atoms in total. The standard InChI is InChI=1S/C22H21N5O/c1-15-8-9-21(24-13-15)26-22(28)16-5-4-10-27(14-16)20-11-17(12-23)25-19-7-3-2-6-18(19)20/h2-3,6-9,11,13,16H,4-5,10,14H2,1H3,(H,24,26,28). The van der Waals surface area contributed by atoms with Crippen LogP contribution in [0.1, 0.15) is 24.1 Å². The van der Waals surface area contributed by atoms with Crippen molar-refractivity contribution in [2.45, 2.75) is 19.8 Å². The van der Waals surface area contributed by atoms with Crippen molar-refractivity contribution < 1.29 is 4.79 Å². The summed E-state index contributed by atoms with van der Waals surface area (Å²) in [6.07, 6.45) is 3.50. The molecule has 1 fully saturated rings. The highest BCUT2D eigenvalue weighted by molar-refractivity contribution is 5.94. The fourth-order valence-corrected chi connectivity index (χ4v) is 3.66. The number of anilines is 2. The minimum atomic E-state index is -0.130. The van der Waals surface area contributed by atoms with Crippen LogP contribution in [0.4, 0.5) is 11.5 Å². The smallest absolute Gasteiger partial charge is 0.230 e. The second-order valence-corrected chi connectivity index (χ2v) is 7.15. The van der Waals surface area contributed by atoms with Crippen LogP contribution in [0.25, 0.3) is 10.9 Å². The number of fused-ring (bicyclic) bond motifs is 1. The number of rotatable bonds is 3. The molecule has 140 valence electrons. The van der Waals surface area contributed by atoms with Crippen LogP contribution in [0.3, 0.4) is 0 Å². The summed E-state index contributed by atoms with van der Waals surface area (Å²) in [5.41, 5.74) is 3.21. The van der Waals surface area contributed by atoms with Crippen molar-refractivity contribution in [1.82, 2.24) is 9.97 Å². The monoisotopic (exact) mass is 371 g/mol. The number of piperidine rings is 1. The van der Waals surface area contributed by atoms with E-state index in [0.29, 0.717) is 18.1 Å². The lowest BCUT2D eigenvalue weighted by atomic mass is 9.96. The van der Waals surface area contributed by atoms with Crippen molar-refractivity contribution in [2.75, 3.05) is 23.3 Å². The van der Waals surface area contributed by atoms with E-state index in [0.717, 1.165) is 41.5 Å². The van der Waals surface area contributed by atoms with E-state index < -0.39 is 0 Å². The molecule has 28 heavy (non-hydrogen) atoms. The van der Waals surface area contributed by atoms with E-state index in [1.807, 2.05) is 49.4 Å². The number of hydrogen-bond donors (Lipinski definition) is 1. The number of carbonyl (C=O) groups is 1. The Kier molecular flexibility index (Phi) is 4.90. The summed E-state index contributed by atoms with van der Waals surface area (Å²) < 4.78 is 0.